The van der Waals surface area contributed by atoms with E-state index in [0.717, 1.165) is 35.1 Å². The van der Waals surface area contributed by atoms with Gasteiger partial charge in [-0.2, -0.15) is 0 Å². The third-order valence-electron chi connectivity index (χ3n) is 5.86. The number of piperidine rings is 1. The number of aromatic nitrogens is 3. The van der Waals surface area contributed by atoms with E-state index in [2.05, 4.69) is 20.3 Å². The fourth-order valence-corrected chi connectivity index (χ4v) is 4.42. The highest BCUT2D eigenvalue weighted by Gasteiger charge is 2.23. The first kappa shape index (κ1) is 22.0. The van der Waals surface area contributed by atoms with Crippen LogP contribution in [0.4, 0.5) is 5.95 Å². The van der Waals surface area contributed by atoms with Gasteiger partial charge in [-0.15, -0.1) is 0 Å². The van der Waals surface area contributed by atoms with E-state index in [1.54, 1.807) is 24.6 Å². The summed E-state index contributed by atoms with van der Waals surface area (Å²) in [6, 6.07) is 11.1. The number of hydrogen-bond acceptors (Lipinski definition) is 8. The number of hydrogen-bond donors (Lipinski definition) is 2. The van der Waals surface area contributed by atoms with Crippen molar-refractivity contribution in [2.24, 2.45) is 5.14 Å². The maximum atomic E-state index is 12.8. The van der Waals surface area contributed by atoms with Gasteiger partial charge in [-0.05, 0) is 37.1 Å². The number of nitrogens with two attached hydrogens (primary N) is 1. The minimum Gasteiger partial charge on any atom is -0.464 e. The van der Waals surface area contributed by atoms with E-state index in [1.807, 2.05) is 29.2 Å². The van der Waals surface area contributed by atoms with Crippen LogP contribution in [-0.2, 0) is 10.0 Å². The van der Waals surface area contributed by atoms with Gasteiger partial charge in [-0.25, -0.2) is 23.5 Å². The summed E-state index contributed by atoms with van der Waals surface area (Å²) in [5, 5.41) is 9.10. The summed E-state index contributed by atoms with van der Waals surface area (Å²) in [4.78, 5) is 27.3. The Balaban J connectivity index is 1.19. The molecule has 1 saturated heterocycles. The number of anilines is 1. The van der Waals surface area contributed by atoms with Gasteiger partial charge in [0.05, 0.1) is 24.4 Å². The van der Waals surface area contributed by atoms with E-state index in [-0.39, 0.29) is 16.8 Å². The Hall–Kier alpha value is -3.83. The fourth-order valence-electron chi connectivity index (χ4n) is 4.02. The van der Waals surface area contributed by atoms with Crippen molar-refractivity contribution in [2.45, 2.75) is 23.8 Å². The zero-order chi connectivity index (χ0) is 23.7. The lowest BCUT2D eigenvalue weighted by molar-refractivity contribution is 0.0931. The average molecular weight is 479 g/mol. The third-order valence-corrected chi connectivity index (χ3v) is 6.72. The molecule has 1 aromatic carbocycles. The molecule has 3 N–H and O–H groups in total. The van der Waals surface area contributed by atoms with Crippen LogP contribution >= 0.6 is 0 Å². The first-order valence-electron chi connectivity index (χ1n) is 10.7. The number of furan rings is 1. The molecule has 1 aliphatic heterocycles. The fraction of sp³-hybridized carbons (Fsp3) is 0.217. The van der Waals surface area contributed by atoms with Crippen molar-refractivity contribution in [2.75, 3.05) is 18.0 Å². The lowest BCUT2D eigenvalue weighted by Crippen LogP contribution is -2.45. The molecule has 11 heteroatoms. The minimum absolute atomic E-state index is 0.0217. The van der Waals surface area contributed by atoms with E-state index < -0.39 is 10.0 Å². The van der Waals surface area contributed by atoms with E-state index in [4.69, 9.17) is 9.56 Å². The minimum atomic E-state index is -3.82. The number of amides is 1. The van der Waals surface area contributed by atoms with Crippen LogP contribution in [0.15, 0.2) is 70.6 Å². The Bertz CT molecular complexity index is 1430. The number of pyridine rings is 1. The van der Waals surface area contributed by atoms with E-state index in [0.29, 0.717) is 24.6 Å². The van der Waals surface area contributed by atoms with Crippen molar-refractivity contribution in [1.82, 2.24) is 20.3 Å². The molecule has 0 bridgehead atoms. The van der Waals surface area contributed by atoms with Gasteiger partial charge in [0, 0.05) is 41.8 Å². The van der Waals surface area contributed by atoms with Gasteiger partial charge >= 0.3 is 0 Å². The zero-order valence-electron chi connectivity index (χ0n) is 18.1. The van der Waals surface area contributed by atoms with E-state index in [1.165, 1.54) is 12.4 Å². The highest BCUT2D eigenvalue weighted by molar-refractivity contribution is 7.89. The van der Waals surface area contributed by atoms with Crippen LogP contribution in [0.2, 0.25) is 0 Å². The van der Waals surface area contributed by atoms with E-state index >= 15 is 0 Å². The standard InChI is InChI=1S/C23H22N6O4S/c24-34(31,32)18-13-26-23(27-14-18)29-10-6-17(7-11-29)28-22(30)16-3-1-15(2-4-16)21-19-8-12-33-20(19)5-9-25-21/h1-5,8-9,12-14,17H,6-7,10-11H2,(H,28,30)(H2,24,31,32). The molecule has 174 valence electrons. The molecule has 3 aromatic heterocycles. The van der Waals surface area contributed by atoms with Crippen molar-refractivity contribution >= 4 is 32.8 Å². The summed E-state index contributed by atoms with van der Waals surface area (Å²) in [6.45, 7) is 1.28. The Labute approximate surface area is 195 Å². The lowest BCUT2D eigenvalue weighted by atomic mass is 10.0. The molecule has 0 unspecified atom stereocenters. The van der Waals surface area contributed by atoms with Crippen LogP contribution in [0.3, 0.4) is 0 Å². The monoisotopic (exact) mass is 478 g/mol. The molecule has 0 spiro atoms. The summed E-state index contributed by atoms with van der Waals surface area (Å²) in [6.07, 6.45) is 7.19. The molecule has 5 rings (SSSR count). The first-order valence-corrected chi connectivity index (χ1v) is 12.3. The van der Waals surface area contributed by atoms with Crippen molar-refractivity contribution in [3.8, 4) is 11.3 Å². The number of carbonyl (C=O) groups excluding carboxylic acids is 1. The average Bonchev–Trinajstić information content (AvgIpc) is 3.33. The van der Waals surface area contributed by atoms with Crippen LogP contribution in [-0.4, -0.2) is 48.4 Å². The molecule has 0 atom stereocenters. The first-order chi connectivity index (χ1) is 16.4. The van der Waals surface area contributed by atoms with Gasteiger partial charge in [0.2, 0.25) is 16.0 Å². The summed E-state index contributed by atoms with van der Waals surface area (Å²) in [7, 11) is -3.82. The number of fused-ring (bicyclic) bond motifs is 1. The molecule has 1 amide bonds. The summed E-state index contributed by atoms with van der Waals surface area (Å²) < 4.78 is 28.1. The molecule has 0 radical (unpaired) electrons. The largest absolute Gasteiger partial charge is 0.464 e. The molecule has 34 heavy (non-hydrogen) atoms. The normalized spacial score (nSPS) is 14.9. The maximum Gasteiger partial charge on any atom is 0.251 e. The quantitative estimate of drug-likeness (QED) is 0.445. The van der Waals surface area contributed by atoms with Gasteiger partial charge in [-0.3, -0.25) is 9.78 Å². The number of primary sulfonamides is 1. The molecular formula is C23H22N6O4S. The predicted molar refractivity (Wildman–Crippen MR) is 126 cm³/mol. The number of rotatable bonds is 5. The maximum absolute atomic E-state index is 12.8. The van der Waals surface area contributed by atoms with Gasteiger partial charge in [0.1, 0.15) is 10.5 Å². The molecule has 4 heterocycles. The Morgan fingerprint density at radius 1 is 1.03 bits per heavy atom. The molecule has 4 aromatic rings. The summed E-state index contributed by atoms with van der Waals surface area (Å²) in [5.74, 6) is 0.308. The van der Waals surface area contributed by atoms with Crippen LogP contribution < -0.4 is 15.4 Å². The zero-order valence-corrected chi connectivity index (χ0v) is 18.9. The second-order valence-electron chi connectivity index (χ2n) is 8.07. The van der Waals surface area contributed by atoms with Gasteiger partial charge < -0.3 is 14.6 Å². The number of nitrogens with zero attached hydrogens (tertiary/aromatic N) is 4. The molecule has 10 nitrogen and oxygen atoms in total. The number of benzene rings is 1. The number of carbonyl (C=O) groups is 1. The highest BCUT2D eigenvalue weighted by Crippen LogP contribution is 2.27. The molecule has 1 fully saturated rings. The predicted octanol–water partition coefficient (Wildman–Crippen LogP) is 2.33. The molecule has 1 aliphatic rings. The second-order valence-corrected chi connectivity index (χ2v) is 9.63. The Kier molecular flexibility index (Phi) is 5.72. The Morgan fingerprint density at radius 2 is 1.74 bits per heavy atom. The van der Waals surface area contributed by atoms with E-state index in [9.17, 15) is 13.2 Å². The highest BCUT2D eigenvalue weighted by atomic mass is 32.2. The molecular weight excluding hydrogens is 456 g/mol. The van der Waals surface area contributed by atoms with Crippen molar-refractivity contribution in [3.63, 3.8) is 0 Å². The van der Waals surface area contributed by atoms with Crippen LogP contribution in [0.1, 0.15) is 23.2 Å². The summed E-state index contributed by atoms with van der Waals surface area (Å²) >= 11 is 0. The smallest absolute Gasteiger partial charge is 0.251 e. The van der Waals surface area contributed by atoms with Gasteiger partial charge in [0.25, 0.3) is 5.91 Å². The molecule has 0 saturated carbocycles. The van der Waals surface area contributed by atoms with Crippen molar-refractivity contribution in [1.29, 1.82) is 0 Å². The van der Waals surface area contributed by atoms with Crippen LogP contribution in [0, 0.1) is 0 Å². The van der Waals surface area contributed by atoms with Gasteiger partial charge in [-0.1, -0.05) is 12.1 Å². The molecule has 0 aliphatic carbocycles. The van der Waals surface area contributed by atoms with Crippen molar-refractivity contribution < 1.29 is 17.6 Å². The topological polar surface area (TPSA) is 144 Å². The van der Waals surface area contributed by atoms with Crippen LogP contribution in [0.5, 0.6) is 0 Å². The SMILES string of the molecule is NS(=O)(=O)c1cnc(N2CCC(NC(=O)c3ccc(-c4nccc5occc45)cc3)CC2)nc1. The van der Waals surface area contributed by atoms with Gasteiger partial charge in [0.15, 0.2) is 0 Å². The Morgan fingerprint density at radius 3 is 2.41 bits per heavy atom. The van der Waals surface area contributed by atoms with Crippen LogP contribution in [0.25, 0.3) is 22.2 Å². The summed E-state index contributed by atoms with van der Waals surface area (Å²) in [5.41, 5.74) is 3.06. The third kappa shape index (κ3) is 4.47. The number of sulfonamides is 1. The second kappa shape index (κ2) is 8.84. The number of nitrogens with one attached hydrogen (secondary N) is 1. The lowest BCUT2D eigenvalue weighted by Gasteiger charge is -2.32. The van der Waals surface area contributed by atoms with Crippen molar-refractivity contribution in [3.05, 3.63) is 66.8 Å².